The van der Waals surface area contributed by atoms with Crippen molar-refractivity contribution in [1.29, 1.82) is 0 Å². The molecule has 2 heterocycles. The topological polar surface area (TPSA) is 228 Å². The first-order valence-electron chi connectivity index (χ1n) is 10.3. The number of aliphatic hydroxyl groups excluding tert-OH is 1. The number of aromatic amines is 1. The number of imidazole rings is 1. The number of nitrogens with one attached hydrogen (secondary N) is 3. The summed E-state index contributed by atoms with van der Waals surface area (Å²) >= 11 is 0. The minimum atomic E-state index is -1.59. The largest absolute Gasteiger partial charge is 0.481 e. The highest BCUT2D eigenvalue weighted by Crippen LogP contribution is 2.19. The first-order chi connectivity index (χ1) is 15.5. The summed E-state index contributed by atoms with van der Waals surface area (Å²) in [6.45, 7) is 1.44. The van der Waals surface area contributed by atoms with Gasteiger partial charge in [-0.05, 0) is 19.8 Å². The number of carboxylic acids is 2. The van der Waals surface area contributed by atoms with Gasteiger partial charge in [0.05, 0.1) is 18.9 Å². The van der Waals surface area contributed by atoms with E-state index < -0.39 is 66.4 Å². The first-order valence-corrected chi connectivity index (χ1v) is 10.3. The normalized spacial score (nSPS) is 19.2. The van der Waals surface area contributed by atoms with Crippen LogP contribution in [0.15, 0.2) is 12.5 Å². The number of hydrogen-bond donors (Lipinski definition) is 7. The van der Waals surface area contributed by atoms with Gasteiger partial charge in [0, 0.05) is 24.9 Å². The Morgan fingerprint density at radius 3 is 2.42 bits per heavy atom. The van der Waals surface area contributed by atoms with E-state index in [1.807, 2.05) is 0 Å². The van der Waals surface area contributed by atoms with E-state index in [4.69, 9.17) is 10.8 Å². The molecule has 1 aliphatic heterocycles. The quantitative estimate of drug-likeness (QED) is 0.176. The van der Waals surface area contributed by atoms with Crippen molar-refractivity contribution < 1.29 is 39.3 Å². The SMILES string of the molecule is CC(O)C(N)C(=O)NC(CC(=O)O)C(=O)NC(Cc1cnc[nH]1)C(=O)N1CCCC1C(=O)O. The summed E-state index contributed by atoms with van der Waals surface area (Å²) in [6, 6.07) is -5.29. The van der Waals surface area contributed by atoms with Gasteiger partial charge >= 0.3 is 11.9 Å². The van der Waals surface area contributed by atoms with E-state index in [1.54, 1.807) is 0 Å². The van der Waals surface area contributed by atoms with Gasteiger partial charge in [0.2, 0.25) is 17.7 Å². The molecule has 182 valence electrons. The van der Waals surface area contributed by atoms with Crippen LogP contribution in [0.4, 0.5) is 0 Å². The summed E-state index contributed by atoms with van der Waals surface area (Å²) in [4.78, 5) is 68.7. The number of aromatic nitrogens is 2. The van der Waals surface area contributed by atoms with Crippen molar-refractivity contribution in [3.05, 3.63) is 18.2 Å². The van der Waals surface area contributed by atoms with Crippen LogP contribution in [-0.4, -0.2) is 96.7 Å². The third-order valence-corrected chi connectivity index (χ3v) is 5.25. The highest BCUT2D eigenvalue weighted by Gasteiger charge is 2.39. The zero-order valence-electron chi connectivity index (χ0n) is 17.9. The van der Waals surface area contributed by atoms with Crippen molar-refractivity contribution in [2.75, 3.05) is 6.54 Å². The molecule has 3 amide bonds. The number of amides is 3. The Labute approximate surface area is 188 Å². The molecule has 0 aliphatic carbocycles. The van der Waals surface area contributed by atoms with E-state index in [-0.39, 0.29) is 19.4 Å². The van der Waals surface area contributed by atoms with Gasteiger partial charge in [-0.3, -0.25) is 19.2 Å². The van der Waals surface area contributed by atoms with Crippen LogP contribution in [0.2, 0.25) is 0 Å². The third kappa shape index (κ3) is 6.98. The lowest BCUT2D eigenvalue weighted by Crippen LogP contribution is -2.59. The second-order valence-corrected chi connectivity index (χ2v) is 7.80. The van der Waals surface area contributed by atoms with Gasteiger partial charge in [-0.2, -0.15) is 0 Å². The maximum Gasteiger partial charge on any atom is 0.326 e. The molecule has 0 radical (unpaired) electrons. The van der Waals surface area contributed by atoms with Crippen molar-refractivity contribution in [2.24, 2.45) is 5.73 Å². The molecule has 5 atom stereocenters. The summed E-state index contributed by atoms with van der Waals surface area (Å²) in [5, 5.41) is 32.6. The Morgan fingerprint density at radius 1 is 1.21 bits per heavy atom. The molecule has 14 heteroatoms. The number of aliphatic hydroxyl groups is 1. The van der Waals surface area contributed by atoms with E-state index >= 15 is 0 Å². The number of nitrogens with two attached hydrogens (primary N) is 1. The van der Waals surface area contributed by atoms with Gasteiger partial charge in [-0.25, -0.2) is 9.78 Å². The van der Waals surface area contributed by atoms with Crippen molar-refractivity contribution in [1.82, 2.24) is 25.5 Å². The zero-order chi connectivity index (χ0) is 24.7. The molecule has 8 N–H and O–H groups in total. The lowest BCUT2D eigenvalue weighted by atomic mass is 10.1. The Hall–Kier alpha value is -3.52. The molecule has 1 aromatic heterocycles. The van der Waals surface area contributed by atoms with Crippen molar-refractivity contribution >= 4 is 29.7 Å². The Morgan fingerprint density at radius 2 is 1.88 bits per heavy atom. The number of carboxylic acid groups (broad SMARTS) is 2. The van der Waals surface area contributed by atoms with E-state index in [0.717, 1.165) is 4.90 Å². The summed E-state index contributed by atoms with van der Waals surface area (Å²) < 4.78 is 0. The summed E-state index contributed by atoms with van der Waals surface area (Å²) in [5.74, 6) is -5.16. The molecule has 33 heavy (non-hydrogen) atoms. The maximum absolute atomic E-state index is 13.1. The molecule has 0 saturated carbocycles. The van der Waals surface area contributed by atoms with Gasteiger partial charge in [-0.15, -0.1) is 0 Å². The Balaban J connectivity index is 2.23. The van der Waals surface area contributed by atoms with Crippen LogP contribution < -0.4 is 16.4 Å². The molecule has 1 aromatic rings. The van der Waals surface area contributed by atoms with Crippen molar-refractivity contribution in [3.63, 3.8) is 0 Å². The minimum Gasteiger partial charge on any atom is -0.481 e. The molecule has 0 aromatic carbocycles. The molecule has 0 bridgehead atoms. The minimum absolute atomic E-state index is 0.0751. The van der Waals surface area contributed by atoms with Crippen LogP contribution in [0, 0.1) is 0 Å². The second kappa shape index (κ2) is 11.4. The van der Waals surface area contributed by atoms with E-state index in [9.17, 15) is 34.2 Å². The monoisotopic (exact) mass is 468 g/mol. The molecule has 5 unspecified atom stereocenters. The fourth-order valence-electron chi connectivity index (χ4n) is 3.45. The smallest absolute Gasteiger partial charge is 0.326 e. The van der Waals surface area contributed by atoms with E-state index in [2.05, 4.69) is 20.6 Å². The number of hydrogen-bond acceptors (Lipinski definition) is 8. The predicted molar refractivity (Wildman–Crippen MR) is 110 cm³/mol. The predicted octanol–water partition coefficient (Wildman–Crippen LogP) is -2.82. The standard InChI is InChI=1S/C19H28N6O8/c1-9(26)15(20)17(30)23-11(6-14(27)28)16(29)24-12(5-10-7-21-8-22-10)18(31)25-4-2-3-13(25)19(32)33/h7-9,11-13,15,26H,2-6,20H2,1H3,(H,21,22)(H,23,30)(H,24,29)(H,27,28)(H,32,33). The molecular weight excluding hydrogens is 440 g/mol. The van der Waals surface area contributed by atoms with Crippen LogP contribution in [-0.2, 0) is 30.4 Å². The summed E-state index contributed by atoms with van der Waals surface area (Å²) in [6.07, 6.45) is 1.38. The zero-order valence-corrected chi connectivity index (χ0v) is 17.9. The number of H-pyrrole nitrogens is 1. The van der Waals surface area contributed by atoms with Crippen LogP contribution in [0.1, 0.15) is 31.9 Å². The fourth-order valence-corrected chi connectivity index (χ4v) is 3.45. The number of nitrogens with zero attached hydrogens (tertiary/aromatic N) is 2. The lowest BCUT2D eigenvalue weighted by Gasteiger charge is -2.28. The van der Waals surface area contributed by atoms with Gasteiger partial charge in [0.1, 0.15) is 24.2 Å². The molecular formula is C19H28N6O8. The third-order valence-electron chi connectivity index (χ3n) is 5.25. The fraction of sp³-hybridized carbons (Fsp3) is 0.579. The molecule has 14 nitrogen and oxygen atoms in total. The number of carbonyl (C=O) groups is 5. The van der Waals surface area contributed by atoms with Gasteiger partial charge in [-0.1, -0.05) is 0 Å². The number of carbonyl (C=O) groups excluding carboxylic acids is 3. The Bertz CT molecular complexity index is 874. The molecule has 1 aliphatic rings. The van der Waals surface area contributed by atoms with E-state index in [1.165, 1.54) is 19.4 Å². The van der Waals surface area contributed by atoms with Crippen LogP contribution in [0.3, 0.4) is 0 Å². The number of aliphatic carboxylic acids is 2. The van der Waals surface area contributed by atoms with Gasteiger partial charge in [0.25, 0.3) is 0 Å². The van der Waals surface area contributed by atoms with Crippen molar-refractivity contribution in [3.8, 4) is 0 Å². The van der Waals surface area contributed by atoms with Crippen LogP contribution in [0.5, 0.6) is 0 Å². The average Bonchev–Trinajstić information content (AvgIpc) is 3.43. The molecule has 1 saturated heterocycles. The average molecular weight is 468 g/mol. The second-order valence-electron chi connectivity index (χ2n) is 7.80. The number of likely N-dealkylation sites (tertiary alicyclic amines) is 1. The van der Waals surface area contributed by atoms with Gasteiger partial charge in [0.15, 0.2) is 0 Å². The number of rotatable bonds is 11. The highest BCUT2D eigenvalue weighted by molar-refractivity contribution is 5.96. The first kappa shape index (κ1) is 25.7. The summed E-state index contributed by atoms with van der Waals surface area (Å²) in [7, 11) is 0. The Kier molecular flexibility index (Phi) is 8.87. The molecule has 1 fully saturated rings. The molecule has 0 spiro atoms. The van der Waals surface area contributed by atoms with Crippen molar-refractivity contribution in [2.45, 2.75) is 62.9 Å². The van der Waals surface area contributed by atoms with Gasteiger partial charge < -0.3 is 41.6 Å². The molecule has 2 rings (SSSR count). The highest BCUT2D eigenvalue weighted by atomic mass is 16.4. The van der Waals surface area contributed by atoms with Crippen LogP contribution in [0.25, 0.3) is 0 Å². The summed E-state index contributed by atoms with van der Waals surface area (Å²) in [5.41, 5.74) is 6.00. The maximum atomic E-state index is 13.1. The van der Waals surface area contributed by atoms with Crippen LogP contribution >= 0.6 is 0 Å². The lowest BCUT2D eigenvalue weighted by molar-refractivity contribution is -0.149. The van der Waals surface area contributed by atoms with E-state index in [0.29, 0.717) is 12.1 Å².